The molecule has 3 rings (SSSR count). The molecule has 0 radical (unpaired) electrons. The van der Waals surface area contributed by atoms with Crippen LogP contribution in [0.25, 0.3) is 5.69 Å². The van der Waals surface area contributed by atoms with Crippen molar-refractivity contribution in [3.05, 3.63) is 51.9 Å². The number of hydrogen-bond donors (Lipinski definition) is 1. The Bertz CT molecular complexity index is 876. The third-order valence-corrected chi connectivity index (χ3v) is 4.66. The summed E-state index contributed by atoms with van der Waals surface area (Å²) in [6, 6.07) is 9.25. The molecule has 1 aliphatic rings. The third-order valence-electron chi connectivity index (χ3n) is 4.66. The van der Waals surface area contributed by atoms with Crippen LogP contribution in [0, 0.1) is 0 Å². The molecule has 2 heterocycles. The van der Waals surface area contributed by atoms with Gasteiger partial charge in [-0.05, 0) is 26.1 Å². The maximum atomic E-state index is 13.1. The average molecular weight is 371 g/mol. The Labute approximate surface area is 158 Å². The number of carbonyl (C=O) groups is 1. The minimum absolute atomic E-state index is 0.0174. The highest BCUT2D eigenvalue weighted by Gasteiger charge is 2.21. The van der Waals surface area contributed by atoms with Crippen LogP contribution in [0.1, 0.15) is 18.2 Å². The molecule has 1 aromatic carbocycles. The number of hydrazone groups is 1. The Kier molecular flexibility index (Phi) is 5.75. The fourth-order valence-corrected chi connectivity index (χ4v) is 3.12. The number of aromatic amines is 1. The van der Waals surface area contributed by atoms with E-state index in [1.807, 2.05) is 35.3 Å². The number of rotatable bonds is 5. The highest BCUT2D eigenvalue weighted by Crippen LogP contribution is 2.11. The van der Waals surface area contributed by atoms with E-state index in [2.05, 4.69) is 22.1 Å². The molecule has 144 valence electrons. The smallest absolute Gasteiger partial charge is 0.311 e. The zero-order chi connectivity index (χ0) is 19.4. The molecule has 1 saturated heterocycles. The Morgan fingerprint density at radius 1 is 1.19 bits per heavy atom. The molecule has 0 aliphatic carbocycles. The van der Waals surface area contributed by atoms with Crippen molar-refractivity contribution in [3.8, 4) is 5.69 Å². The van der Waals surface area contributed by atoms with Gasteiger partial charge in [0.25, 0.3) is 5.56 Å². The number of para-hydroxylation sites is 1. The first-order valence-corrected chi connectivity index (χ1v) is 8.94. The average Bonchev–Trinajstić information content (AvgIpc) is 3.00. The highest BCUT2D eigenvalue weighted by atomic mass is 16.5. The number of H-pyrrole nitrogens is 1. The second-order valence-corrected chi connectivity index (χ2v) is 6.64. The van der Waals surface area contributed by atoms with Gasteiger partial charge >= 0.3 is 5.97 Å². The third kappa shape index (κ3) is 4.28. The summed E-state index contributed by atoms with van der Waals surface area (Å²) in [6.07, 6.45) is -0.0174. The molecule has 1 aliphatic heterocycles. The van der Waals surface area contributed by atoms with E-state index < -0.39 is 5.97 Å². The lowest BCUT2D eigenvalue weighted by molar-refractivity contribution is -0.139. The van der Waals surface area contributed by atoms with Crippen LogP contribution in [0.2, 0.25) is 0 Å². The molecule has 1 aromatic heterocycles. The molecule has 0 bridgehead atoms. The first-order valence-electron chi connectivity index (χ1n) is 8.94. The van der Waals surface area contributed by atoms with E-state index in [4.69, 9.17) is 4.74 Å². The summed E-state index contributed by atoms with van der Waals surface area (Å²) >= 11 is 0. The van der Waals surface area contributed by atoms with Crippen LogP contribution >= 0.6 is 0 Å². The number of esters is 1. The molecular weight excluding hydrogens is 346 g/mol. The van der Waals surface area contributed by atoms with Crippen molar-refractivity contribution in [1.82, 2.24) is 19.7 Å². The number of benzene rings is 1. The summed E-state index contributed by atoms with van der Waals surface area (Å²) in [4.78, 5) is 27.1. The molecule has 0 spiro atoms. The molecule has 27 heavy (non-hydrogen) atoms. The standard InChI is InChI=1S/C19H25N5O3/c1-14(20-23-11-9-22(2)10-12-23)18-16(13-17(25)27-3)21-24(19(18)26)15-7-5-4-6-8-15/h4-8,21H,9-13H2,1-3H3. The molecule has 0 unspecified atom stereocenters. The van der Waals surface area contributed by atoms with Gasteiger partial charge in [-0.1, -0.05) is 18.2 Å². The summed E-state index contributed by atoms with van der Waals surface area (Å²) in [5, 5.41) is 9.66. The quantitative estimate of drug-likeness (QED) is 0.622. The van der Waals surface area contributed by atoms with E-state index in [-0.39, 0.29) is 12.0 Å². The van der Waals surface area contributed by atoms with E-state index in [1.54, 1.807) is 6.92 Å². The SMILES string of the molecule is COC(=O)Cc1[nH]n(-c2ccccc2)c(=O)c1C(C)=NN1CCN(C)CC1. The second-order valence-electron chi connectivity index (χ2n) is 6.64. The van der Waals surface area contributed by atoms with Crippen molar-refractivity contribution in [1.29, 1.82) is 0 Å². The fourth-order valence-electron chi connectivity index (χ4n) is 3.12. The topological polar surface area (TPSA) is 82.9 Å². The normalized spacial score (nSPS) is 15.8. The summed E-state index contributed by atoms with van der Waals surface area (Å²) < 4.78 is 6.22. The predicted octanol–water partition coefficient (Wildman–Crippen LogP) is 0.853. The molecule has 0 amide bonds. The van der Waals surface area contributed by atoms with Gasteiger partial charge in [-0.3, -0.25) is 19.7 Å². The maximum Gasteiger partial charge on any atom is 0.311 e. The molecule has 1 N–H and O–H groups in total. The molecule has 0 saturated carbocycles. The molecular formula is C19H25N5O3. The number of nitrogens with one attached hydrogen (secondary N) is 1. The zero-order valence-corrected chi connectivity index (χ0v) is 15.9. The van der Waals surface area contributed by atoms with E-state index in [1.165, 1.54) is 11.8 Å². The van der Waals surface area contributed by atoms with E-state index in [0.29, 0.717) is 22.7 Å². The van der Waals surface area contributed by atoms with E-state index >= 15 is 0 Å². The fraction of sp³-hybridized carbons (Fsp3) is 0.421. The van der Waals surface area contributed by atoms with Crippen LogP contribution in [-0.4, -0.2) is 71.7 Å². The Balaban J connectivity index is 2.00. The number of methoxy groups -OCH3 is 1. The van der Waals surface area contributed by atoms with Gasteiger partial charge < -0.3 is 9.64 Å². The molecule has 8 nitrogen and oxygen atoms in total. The molecule has 2 aromatic rings. The Morgan fingerprint density at radius 2 is 1.85 bits per heavy atom. The minimum Gasteiger partial charge on any atom is -0.469 e. The minimum atomic E-state index is -0.412. The Hall–Kier alpha value is -2.87. The number of likely N-dealkylation sites (N-methyl/N-ethyl adjacent to an activating group) is 1. The Morgan fingerprint density at radius 3 is 2.48 bits per heavy atom. The van der Waals surface area contributed by atoms with Crippen molar-refractivity contribution in [3.63, 3.8) is 0 Å². The lowest BCUT2D eigenvalue weighted by Gasteiger charge is -2.30. The van der Waals surface area contributed by atoms with Gasteiger partial charge in [0, 0.05) is 26.2 Å². The van der Waals surface area contributed by atoms with Crippen molar-refractivity contribution in [2.24, 2.45) is 5.10 Å². The van der Waals surface area contributed by atoms with Gasteiger partial charge in [0.2, 0.25) is 0 Å². The molecule has 0 atom stereocenters. The summed E-state index contributed by atoms with van der Waals surface area (Å²) in [5.41, 5.74) is 1.99. The largest absolute Gasteiger partial charge is 0.469 e. The number of hydrogen-bond acceptors (Lipinski definition) is 6. The molecule has 8 heteroatoms. The van der Waals surface area contributed by atoms with Crippen LogP contribution in [0.4, 0.5) is 0 Å². The van der Waals surface area contributed by atoms with Crippen molar-refractivity contribution < 1.29 is 9.53 Å². The predicted molar refractivity (Wildman–Crippen MR) is 103 cm³/mol. The molecule has 1 fully saturated rings. The summed E-state index contributed by atoms with van der Waals surface area (Å²) in [7, 11) is 3.41. The number of aromatic nitrogens is 2. The van der Waals surface area contributed by atoms with Gasteiger partial charge in [0.1, 0.15) is 0 Å². The van der Waals surface area contributed by atoms with Crippen LogP contribution in [0.15, 0.2) is 40.2 Å². The van der Waals surface area contributed by atoms with Crippen LogP contribution < -0.4 is 5.56 Å². The van der Waals surface area contributed by atoms with Crippen molar-refractivity contribution >= 4 is 11.7 Å². The second kappa shape index (κ2) is 8.22. The highest BCUT2D eigenvalue weighted by molar-refractivity contribution is 6.00. The monoisotopic (exact) mass is 371 g/mol. The van der Waals surface area contributed by atoms with Crippen molar-refractivity contribution in [2.45, 2.75) is 13.3 Å². The van der Waals surface area contributed by atoms with Gasteiger partial charge in [-0.15, -0.1) is 0 Å². The van der Waals surface area contributed by atoms with Crippen molar-refractivity contribution in [2.75, 3.05) is 40.3 Å². The number of ether oxygens (including phenoxy) is 1. The number of carbonyl (C=O) groups excluding carboxylic acids is 1. The zero-order valence-electron chi connectivity index (χ0n) is 15.9. The van der Waals surface area contributed by atoms with Gasteiger partial charge in [-0.2, -0.15) is 5.10 Å². The van der Waals surface area contributed by atoms with Crippen LogP contribution in [0.3, 0.4) is 0 Å². The van der Waals surface area contributed by atoms with Crippen LogP contribution in [0.5, 0.6) is 0 Å². The van der Waals surface area contributed by atoms with Gasteiger partial charge in [0.05, 0.1) is 36.2 Å². The van der Waals surface area contributed by atoms with E-state index in [0.717, 1.165) is 26.2 Å². The summed E-state index contributed by atoms with van der Waals surface area (Å²) in [5.74, 6) is -0.412. The van der Waals surface area contributed by atoms with Gasteiger partial charge in [-0.25, -0.2) is 4.68 Å². The lowest BCUT2D eigenvalue weighted by atomic mass is 10.1. The lowest BCUT2D eigenvalue weighted by Crippen LogP contribution is -2.42. The maximum absolute atomic E-state index is 13.1. The van der Waals surface area contributed by atoms with Gasteiger partial charge in [0.15, 0.2) is 0 Å². The summed E-state index contributed by atoms with van der Waals surface area (Å²) in [6.45, 7) is 5.26. The van der Waals surface area contributed by atoms with Crippen LogP contribution in [-0.2, 0) is 16.0 Å². The first-order chi connectivity index (χ1) is 13.0. The number of piperazine rings is 1. The first kappa shape index (κ1) is 18.9. The van der Waals surface area contributed by atoms with E-state index in [9.17, 15) is 9.59 Å². The number of nitrogens with zero attached hydrogens (tertiary/aromatic N) is 4.